The summed E-state index contributed by atoms with van der Waals surface area (Å²) in [5.74, 6) is -1.12. The van der Waals surface area contributed by atoms with E-state index in [-0.39, 0.29) is 19.1 Å². The van der Waals surface area contributed by atoms with Crippen LogP contribution < -0.4 is 0 Å². The van der Waals surface area contributed by atoms with Crippen LogP contribution in [0.1, 0.15) is 18.4 Å². The largest absolute Gasteiger partial charge is 0.465 e. The summed E-state index contributed by atoms with van der Waals surface area (Å²) in [6.07, 6.45) is 0.127. The second kappa shape index (κ2) is 4.41. The molecule has 0 radical (unpaired) electrons. The highest BCUT2D eigenvalue weighted by molar-refractivity contribution is 5.66. The van der Waals surface area contributed by atoms with Gasteiger partial charge in [0.15, 0.2) is 0 Å². The van der Waals surface area contributed by atoms with Crippen molar-refractivity contribution in [3.63, 3.8) is 0 Å². The molecular formula is C14H15F2NO3. The number of rotatable bonds is 2. The Morgan fingerprint density at radius 3 is 2.55 bits per heavy atom. The van der Waals surface area contributed by atoms with Crippen molar-refractivity contribution in [3.05, 3.63) is 35.4 Å². The molecule has 1 aromatic rings. The molecule has 3 atom stereocenters. The fraction of sp³-hybridized carbons (Fsp3) is 0.500. The van der Waals surface area contributed by atoms with Crippen molar-refractivity contribution >= 4 is 6.09 Å². The van der Waals surface area contributed by atoms with E-state index in [4.69, 9.17) is 0 Å². The Labute approximate surface area is 114 Å². The van der Waals surface area contributed by atoms with Crippen LogP contribution in [0.25, 0.3) is 0 Å². The summed E-state index contributed by atoms with van der Waals surface area (Å²) >= 11 is 0. The monoisotopic (exact) mass is 283 g/mol. The number of aliphatic hydroxyl groups excluding tert-OH is 1. The lowest BCUT2D eigenvalue weighted by molar-refractivity contribution is 0.0688. The van der Waals surface area contributed by atoms with Crippen LogP contribution in [0.4, 0.5) is 13.6 Å². The average Bonchev–Trinajstić information content (AvgIpc) is 3.10. The van der Waals surface area contributed by atoms with Crippen molar-refractivity contribution in [3.8, 4) is 0 Å². The van der Waals surface area contributed by atoms with E-state index in [2.05, 4.69) is 0 Å². The molecule has 6 heteroatoms. The summed E-state index contributed by atoms with van der Waals surface area (Å²) in [5.41, 5.74) is 0.0233. The minimum atomic E-state index is -1.11. The third-order valence-corrected chi connectivity index (χ3v) is 4.58. The minimum Gasteiger partial charge on any atom is -0.465 e. The maximum Gasteiger partial charge on any atom is 0.407 e. The molecule has 108 valence electrons. The van der Waals surface area contributed by atoms with Crippen molar-refractivity contribution in [2.24, 2.45) is 5.92 Å². The third-order valence-electron chi connectivity index (χ3n) is 4.58. The predicted octanol–water partition coefficient (Wildman–Crippen LogP) is 1.97. The topological polar surface area (TPSA) is 60.8 Å². The smallest absolute Gasteiger partial charge is 0.407 e. The molecule has 3 unspecified atom stereocenters. The molecule has 1 saturated heterocycles. The first kappa shape index (κ1) is 13.3. The number of fused-ring (bicyclic) bond motifs is 1. The SMILES string of the molecule is O=C(O)N1CC2(c3cc(F)cc(F)c3)CC2CC1CO. The van der Waals surface area contributed by atoms with E-state index in [9.17, 15) is 23.8 Å². The number of nitrogens with zero attached hydrogens (tertiary/aromatic N) is 1. The summed E-state index contributed by atoms with van der Waals surface area (Å²) in [6, 6.07) is 2.95. The Morgan fingerprint density at radius 1 is 1.35 bits per heavy atom. The fourth-order valence-electron chi connectivity index (χ4n) is 3.46. The molecule has 1 heterocycles. The zero-order valence-corrected chi connectivity index (χ0v) is 10.7. The summed E-state index contributed by atoms with van der Waals surface area (Å²) in [7, 11) is 0. The first-order chi connectivity index (χ1) is 9.46. The number of aliphatic hydroxyl groups is 1. The number of benzene rings is 1. The van der Waals surface area contributed by atoms with Crippen LogP contribution in [0.5, 0.6) is 0 Å². The van der Waals surface area contributed by atoms with E-state index in [0.29, 0.717) is 18.4 Å². The molecule has 0 aromatic heterocycles. The molecule has 20 heavy (non-hydrogen) atoms. The second-order valence-electron chi connectivity index (χ2n) is 5.70. The van der Waals surface area contributed by atoms with Crippen molar-refractivity contribution in [1.29, 1.82) is 0 Å². The predicted molar refractivity (Wildman–Crippen MR) is 66.4 cm³/mol. The molecule has 3 rings (SSSR count). The number of carbonyl (C=O) groups is 1. The maximum absolute atomic E-state index is 13.4. The molecule has 2 fully saturated rings. The first-order valence-corrected chi connectivity index (χ1v) is 6.53. The summed E-state index contributed by atoms with van der Waals surface area (Å²) in [4.78, 5) is 12.4. The number of hydrogen-bond acceptors (Lipinski definition) is 2. The van der Waals surface area contributed by atoms with Crippen molar-refractivity contribution in [1.82, 2.24) is 4.90 Å². The summed E-state index contributed by atoms with van der Waals surface area (Å²) < 4.78 is 26.7. The number of piperidine rings is 1. The van der Waals surface area contributed by atoms with E-state index >= 15 is 0 Å². The van der Waals surface area contributed by atoms with Gasteiger partial charge in [-0.25, -0.2) is 13.6 Å². The quantitative estimate of drug-likeness (QED) is 0.872. The molecule has 4 nitrogen and oxygen atoms in total. The third kappa shape index (κ3) is 1.95. The Morgan fingerprint density at radius 2 is 2.00 bits per heavy atom. The van der Waals surface area contributed by atoms with Gasteiger partial charge in [-0.3, -0.25) is 0 Å². The number of hydrogen-bond donors (Lipinski definition) is 2. The number of likely N-dealkylation sites (tertiary alicyclic amines) is 1. The Kier molecular flexibility index (Phi) is 2.93. The van der Waals surface area contributed by atoms with Crippen molar-refractivity contribution < 1.29 is 23.8 Å². The number of carboxylic acid groups (broad SMARTS) is 1. The van der Waals surface area contributed by atoms with Crippen molar-refractivity contribution in [2.75, 3.05) is 13.2 Å². The van der Waals surface area contributed by atoms with E-state index < -0.39 is 29.2 Å². The standard InChI is InChI=1S/C14H15F2NO3/c15-10-1-8(2-11(16)4-10)14-5-9(14)3-12(6-18)17(7-14)13(19)20/h1-2,4,9,12,18H,3,5-7H2,(H,19,20). The zero-order valence-electron chi connectivity index (χ0n) is 10.7. The van der Waals surface area contributed by atoms with E-state index in [0.717, 1.165) is 6.07 Å². The highest BCUT2D eigenvalue weighted by Crippen LogP contribution is 2.60. The Hall–Kier alpha value is -1.69. The zero-order chi connectivity index (χ0) is 14.5. The molecule has 1 aliphatic heterocycles. The van der Waals surface area contributed by atoms with Gasteiger partial charge in [-0.15, -0.1) is 0 Å². The number of halogens is 2. The molecule has 0 bridgehead atoms. The summed E-state index contributed by atoms with van der Waals surface area (Å²) in [5, 5.41) is 18.5. The minimum absolute atomic E-state index is 0.177. The number of amides is 1. The van der Waals surface area contributed by atoms with Gasteiger partial charge in [0.25, 0.3) is 0 Å². The molecule has 2 aliphatic rings. The Balaban J connectivity index is 1.93. The molecule has 1 amide bonds. The van der Waals surface area contributed by atoms with Gasteiger partial charge in [0.05, 0.1) is 12.6 Å². The van der Waals surface area contributed by atoms with Crippen LogP contribution in [0.15, 0.2) is 18.2 Å². The highest BCUT2D eigenvalue weighted by atomic mass is 19.1. The Bertz CT molecular complexity index is 545. The van der Waals surface area contributed by atoms with Gasteiger partial charge in [0.2, 0.25) is 0 Å². The molecular weight excluding hydrogens is 268 g/mol. The normalized spacial score (nSPS) is 31.9. The molecule has 1 aliphatic carbocycles. The lowest BCUT2D eigenvalue weighted by Crippen LogP contribution is -2.50. The fourth-order valence-corrected chi connectivity index (χ4v) is 3.46. The molecule has 1 saturated carbocycles. The van der Waals surface area contributed by atoms with Gasteiger partial charge in [0.1, 0.15) is 11.6 Å². The van der Waals surface area contributed by atoms with Gasteiger partial charge in [-0.2, -0.15) is 0 Å². The highest BCUT2D eigenvalue weighted by Gasteiger charge is 2.60. The van der Waals surface area contributed by atoms with Gasteiger partial charge in [0, 0.05) is 18.0 Å². The van der Waals surface area contributed by atoms with Gasteiger partial charge in [-0.05, 0) is 36.5 Å². The first-order valence-electron chi connectivity index (χ1n) is 6.53. The maximum atomic E-state index is 13.4. The molecule has 1 aromatic carbocycles. The van der Waals surface area contributed by atoms with Crippen LogP contribution in [-0.2, 0) is 5.41 Å². The average molecular weight is 283 g/mol. The molecule has 2 N–H and O–H groups in total. The second-order valence-corrected chi connectivity index (χ2v) is 5.70. The van der Waals surface area contributed by atoms with Crippen LogP contribution >= 0.6 is 0 Å². The van der Waals surface area contributed by atoms with E-state index in [1.165, 1.54) is 17.0 Å². The van der Waals surface area contributed by atoms with Crippen LogP contribution in [0.2, 0.25) is 0 Å². The van der Waals surface area contributed by atoms with Crippen LogP contribution in [0, 0.1) is 17.6 Å². The summed E-state index contributed by atoms with van der Waals surface area (Å²) in [6.45, 7) is -0.0441. The lowest BCUT2D eigenvalue weighted by Gasteiger charge is -2.37. The van der Waals surface area contributed by atoms with E-state index in [1.54, 1.807) is 0 Å². The van der Waals surface area contributed by atoms with E-state index in [1.807, 2.05) is 0 Å². The van der Waals surface area contributed by atoms with Crippen LogP contribution in [-0.4, -0.2) is 40.4 Å². The van der Waals surface area contributed by atoms with Gasteiger partial charge < -0.3 is 15.1 Å². The van der Waals surface area contributed by atoms with Gasteiger partial charge >= 0.3 is 6.09 Å². The van der Waals surface area contributed by atoms with Crippen molar-refractivity contribution in [2.45, 2.75) is 24.3 Å². The van der Waals surface area contributed by atoms with Crippen LogP contribution in [0.3, 0.4) is 0 Å². The molecule has 0 spiro atoms. The lowest BCUT2D eigenvalue weighted by atomic mass is 9.86. The van der Waals surface area contributed by atoms with Gasteiger partial charge in [-0.1, -0.05) is 0 Å².